The standard InChI is InChI=1S/C14H9BrCl2O/c1-8-3-2-4-10(13(8)15)14(18)11-7-9(16)5-6-12(11)17/h2-7H,1H3. The lowest BCUT2D eigenvalue weighted by molar-refractivity contribution is 0.103. The van der Waals surface area contributed by atoms with Crippen molar-refractivity contribution in [3.8, 4) is 0 Å². The van der Waals surface area contributed by atoms with Gasteiger partial charge in [-0.25, -0.2) is 0 Å². The average molecular weight is 344 g/mol. The van der Waals surface area contributed by atoms with E-state index in [1.54, 1.807) is 24.3 Å². The van der Waals surface area contributed by atoms with Crippen LogP contribution >= 0.6 is 39.1 Å². The van der Waals surface area contributed by atoms with Crippen molar-refractivity contribution in [1.29, 1.82) is 0 Å². The zero-order chi connectivity index (χ0) is 13.3. The lowest BCUT2D eigenvalue weighted by Crippen LogP contribution is -2.04. The molecule has 0 radical (unpaired) electrons. The van der Waals surface area contributed by atoms with Gasteiger partial charge < -0.3 is 0 Å². The van der Waals surface area contributed by atoms with Gasteiger partial charge in [-0.05, 0) is 52.7 Å². The minimum absolute atomic E-state index is 0.141. The second kappa shape index (κ2) is 5.43. The van der Waals surface area contributed by atoms with Gasteiger partial charge in [-0.3, -0.25) is 4.79 Å². The van der Waals surface area contributed by atoms with E-state index in [2.05, 4.69) is 15.9 Å². The third kappa shape index (κ3) is 2.61. The normalized spacial score (nSPS) is 10.4. The van der Waals surface area contributed by atoms with Crippen molar-refractivity contribution in [2.24, 2.45) is 0 Å². The van der Waals surface area contributed by atoms with Gasteiger partial charge in [0.15, 0.2) is 5.78 Å². The van der Waals surface area contributed by atoms with Crippen molar-refractivity contribution < 1.29 is 4.79 Å². The topological polar surface area (TPSA) is 17.1 Å². The Hall–Kier alpha value is -0.830. The highest BCUT2D eigenvalue weighted by Crippen LogP contribution is 2.28. The highest BCUT2D eigenvalue weighted by atomic mass is 79.9. The van der Waals surface area contributed by atoms with Gasteiger partial charge in [-0.2, -0.15) is 0 Å². The summed E-state index contributed by atoms with van der Waals surface area (Å²) in [5.74, 6) is -0.141. The van der Waals surface area contributed by atoms with Gasteiger partial charge in [0, 0.05) is 20.6 Å². The predicted octanol–water partition coefficient (Wildman–Crippen LogP) is 5.30. The van der Waals surface area contributed by atoms with Crippen molar-refractivity contribution in [3.05, 3.63) is 67.6 Å². The Kier molecular flexibility index (Phi) is 4.10. The molecule has 0 spiro atoms. The van der Waals surface area contributed by atoms with E-state index in [0.29, 0.717) is 21.2 Å². The summed E-state index contributed by atoms with van der Waals surface area (Å²) in [5.41, 5.74) is 1.99. The van der Waals surface area contributed by atoms with Crippen LogP contribution in [-0.2, 0) is 0 Å². The molecule has 2 aromatic carbocycles. The smallest absolute Gasteiger partial charge is 0.195 e. The zero-order valence-electron chi connectivity index (χ0n) is 9.51. The number of benzene rings is 2. The quantitative estimate of drug-likeness (QED) is 0.676. The first-order valence-corrected chi connectivity index (χ1v) is 6.80. The number of halogens is 3. The molecule has 0 aromatic heterocycles. The fraction of sp³-hybridized carbons (Fsp3) is 0.0714. The van der Waals surface area contributed by atoms with Crippen LogP contribution in [0, 0.1) is 6.92 Å². The van der Waals surface area contributed by atoms with Crippen molar-refractivity contribution in [2.45, 2.75) is 6.92 Å². The molecule has 0 aliphatic carbocycles. The number of rotatable bonds is 2. The summed E-state index contributed by atoms with van der Waals surface area (Å²) >= 11 is 15.4. The summed E-state index contributed by atoms with van der Waals surface area (Å²) < 4.78 is 0.783. The molecular formula is C14H9BrCl2O. The Morgan fingerprint density at radius 3 is 2.56 bits per heavy atom. The van der Waals surface area contributed by atoms with Gasteiger partial charge in [0.25, 0.3) is 0 Å². The molecule has 0 aliphatic heterocycles. The highest BCUT2D eigenvalue weighted by Gasteiger charge is 2.16. The number of hydrogen-bond acceptors (Lipinski definition) is 1. The molecule has 0 amide bonds. The number of carbonyl (C=O) groups excluding carboxylic acids is 1. The van der Waals surface area contributed by atoms with E-state index in [9.17, 15) is 4.79 Å². The van der Waals surface area contributed by atoms with Gasteiger partial charge in [-0.1, -0.05) is 35.3 Å². The van der Waals surface area contributed by atoms with Crippen molar-refractivity contribution >= 4 is 44.9 Å². The molecule has 92 valence electrons. The van der Waals surface area contributed by atoms with Crippen LogP contribution in [-0.4, -0.2) is 5.78 Å². The van der Waals surface area contributed by atoms with Crippen LogP contribution in [0.4, 0.5) is 0 Å². The fourth-order valence-corrected chi connectivity index (χ4v) is 2.46. The van der Waals surface area contributed by atoms with Crippen LogP contribution in [0.3, 0.4) is 0 Å². The third-order valence-corrected chi connectivity index (χ3v) is 4.23. The first kappa shape index (κ1) is 13.6. The van der Waals surface area contributed by atoms with Crippen LogP contribution in [0.1, 0.15) is 21.5 Å². The number of ketones is 1. The monoisotopic (exact) mass is 342 g/mol. The minimum atomic E-state index is -0.141. The number of hydrogen-bond donors (Lipinski definition) is 0. The number of carbonyl (C=O) groups is 1. The van der Waals surface area contributed by atoms with E-state index in [1.165, 1.54) is 0 Å². The second-order valence-electron chi connectivity index (χ2n) is 3.89. The average Bonchev–Trinajstić information content (AvgIpc) is 2.35. The molecule has 0 heterocycles. The molecule has 0 N–H and O–H groups in total. The van der Waals surface area contributed by atoms with Crippen LogP contribution in [0.5, 0.6) is 0 Å². The van der Waals surface area contributed by atoms with E-state index < -0.39 is 0 Å². The Bertz CT molecular complexity index is 619. The van der Waals surface area contributed by atoms with Gasteiger partial charge >= 0.3 is 0 Å². The molecule has 2 rings (SSSR count). The minimum Gasteiger partial charge on any atom is -0.289 e. The molecule has 0 atom stereocenters. The Balaban J connectivity index is 2.55. The summed E-state index contributed by atoms with van der Waals surface area (Å²) in [4.78, 5) is 12.4. The van der Waals surface area contributed by atoms with Gasteiger partial charge in [-0.15, -0.1) is 0 Å². The molecule has 4 heteroatoms. The molecular weight excluding hydrogens is 335 g/mol. The first-order chi connectivity index (χ1) is 8.50. The fourth-order valence-electron chi connectivity index (χ4n) is 1.64. The maximum absolute atomic E-state index is 12.4. The molecule has 0 saturated heterocycles. The van der Waals surface area contributed by atoms with Gasteiger partial charge in [0.2, 0.25) is 0 Å². The molecule has 2 aromatic rings. The Labute approximate surface area is 124 Å². The lowest BCUT2D eigenvalue weighted by Gasteiger charge is -2.08. The lowest BCUT2D eigenvalue weighted by atomic mass is 10.0. The van der Waals surface area contributed by atoms with Crippen LogP contribution in [0.25, 0.3) is 0 Å². The van der Waals surface area contributed by atoms with E-state index in [-0.39, 0.29) is 5.78 Å². The van der Waals surface area contributed by atoms with Gasteiger partial charge in [0.1, 0.15) is 0 Å². The highest BCUT2D eigenvalue weighted by molar-refractivity contribution is 9.10. The predicted molar refractivity (Wildman–Crippen MR) is 78.8 cm³/mol. The third-order valence-electron chi connectivity index (χ3n) is 2.61. The first-order valence-electron chi connectivity index (χ1n) is 5.25. The molecule has 1 nitrogen and oxygen atoms in total. The maximum atomic E-state index is 12.4. The van der Waals surface area contributed by atoms with Crippen LogP contribution in [0.15, 0.2) is 40.9 Å². The van der Waals surface area contributed by atoms with Crippen LogP contribution < -0.4 is 0 Å². The maximum Gasteiger partial charge on any atom is 0.195 e. The molecule has 0 unspecified atom stereocenters. The molecule has 0 bridgehead atoms. The van der Waals surface area contributed by atoms with E-state index >= 15 is 0 Å². The van der Waals surface area contributed by atoms with Crippen molar-refractivity contribution in [1.82, 2.24) is 0 Å². The zero-order valence-corrected chi connectivity index (χ0v) is 12.6. The molecule has 18 heavy (non-hydrogen) atoms. The SMILES string of the molecule is Cc1cccc(C(=O)c2cc(Cl)ccc2Cl)c1Br. The summed E-state index contributed by atoms with van der Waals surface area (Å²) in [6.07, 6.45) is 0. The Morgan fingerprint density at radius 1 is 1.11 bits per heavy atom. The summed E-state index contributed by atoms with van der Waals surface area (Å²) in [5, 5.41) is 0.893. The largest absolute Gasteiger partial charge is 0.289 e. The Morgan fingerprint density at radius 2 is 1.83 bits per heavy atom. The second-order valence-corrected chi connectivity index (χ2v) is 5.53. The molecule has 0 fully saturated rings. The summed E-state index contributed by atoms with van der Waals surface area (Å²) in [6.45, 7) is 1.93. The van der Waals surface area contributed by atoms with E-state index in [0.717, 1.165) is 10.0 Å². The summed E-state index contributed by atoms with van der Waals surface area (Å²) in [6, 6.07) is 10.4. The molecule has 0 saturated carbocycles. The van der Waals surface area contributed by atoms with Gasteiger partial charge in [0.05, 0.1) is 5.02 Å². The number of aryl methyl sites for hydroxylation is 1. The molecule has 0 aliphatic rings. The van der Waals surface area contributed by atoms with Crippen LogP contribution in [0.2, 0.25) is 10.0 Å². The van der Waals surface area contributed by atoms with Crippen molar-refractivity contribution in [3.63, 3.8) is 0 Å². The van der Waals surface area contributed by atoms with E-state index in [4.69, 9.17) is 23.2 Å². The summed E-state index contributed by atoms with van der Waals surface area (Å²) in [7, 11) is 0. The van der Waals surface area contributed by atoms with Crippen molar-refractivity contribution in [2.75, 3.05) is 0 Å². The van der Waals surface area contributed by atoms with E-state index in [1.807, 2.05) is 19.1 Å².